The summed E-state index contributed by atoms with van der Waals surface area (Å²) in [5.41, 5.74) is 21.7. The molecule has 14 aromatic rings. The summed E-state index contributed by atoms with van der Waals surface area (Å²) >= 11 is 1.89. The van der Waals surface area contributed by atoms with Crippen LogP contribution in [0, 0.1) is 24.3 Å². The summed E-state index contributed by atoms with van der Waals surface area (Å²) in [5.74, 6) is 0.479. The van der Waals surface area contributed by atoms with E-state index in [0.29, 0.717) is 5.92 Å². The predicted molar refractivity (Wildman–Crippen MR) is 343 cm³/mol. The molecule has 0 N–H and O–H groups in total. The van der Waals surface area contributed by atoms with Crippen molar-refractivity contribution >= 4 is 53.4 Å². The number of thiophene rings is 1. The van der Waals surface area contributed by atoms with E-state index in [9.17, 15) is 0 Å². The van der Waals surface area contributed by atoms with Crippen LogP contribution in [0.5, 0.6) is 0 Å². The Bertz CT molecular complexity index is 4490. The van der Waals surface area contributed by atoms with Crippen molar-refractivity contribution in [1.82, 2.24) is 19.9 Å². The summed E-state index contributed by atoms with van der Waals surface area (Å²) in [6, 6.07) is 85.6. The maximum absolute atomic E-state index is 6.15. The summed E-state index contributed by atoms with van der Waals surface area (Å²) in [5, 5.41) is 5.13. The minimum Gasteiger partial charge on any atom is -0.456 e. The van der Waals surface area contributed by atoms with Crippen molar-refractivity contribution in [2.45, 2.75) is 58.3 Å². The minimum atomic E-state index is -0.0941. The number of para-hydroxylation sites is 1. The molecule has 5 nitrogen and oxygen atoms in total. The Hall–Kier alpha value is -8.32. The molecule has 420 valence electrons. The molecule has 2 radical (unpaired) electrons. The number of benzene rings is 8. The van der Waals surface area contributed by atoms with Crippen LogP contribution in [0.4, 0.5) is 0 Å². The van der Waals surface area contributed by atoms with Crippen LogP contribution in [0.25, 0.3) is 109 Å². The fourth-order valence-corrected chi connectivity index (χ4v) is 13.0. The largest absolute Gasteiger partial charge is 0.456 e. The van der Waals surface area contributed by atoms with Gasteiger partial charge in [-0.15, -0.1) is 148 Å². The second-order valence-electron chi connectivity index (χ2n) is 22.3. The number of fused-ring (bicyclic) bond motifs is 14. The fourth-order valence-electron chi connectivity index (χ4n) is 11.9. The molecule has 16 rings (SSSR count). The van der Waals surface area contributed by atoms with Gasteiger partial charge in [0.05, 0.1) is 0 Å². The average Bonchev–Trinajstić information content (AvgIpc) is 1.61. The van der Waals surface area contributed by atoms with Crippen LogP contribution in [-0.4, -0.2) is 19.9 Å². The third kappa shape index (κ3) is 11.2. The quantitative estimate of drug-likeness (QED) is 0.161. The Morgan fingerprint density at radius 3 is 1.58 bits per heavy atom. The molecule has 0 saturated carbocycles. The summed E-state index contributed by atoms with van der Waals surface area (Å²) in [6.45, 7) is 13.7. The van der Waals surface area contributed by atoms with Crippen molar-refractivity contribution < 1.29 is 44.6 Å². The number of nitrogens with zero attached hydrogens (tertiary/aromatic N) is 4. The van der Waals surface area contributed by atoms with Crippen LogP contribution in [0.2, 0.25) is 0 Å². The zero-order valence-corrected chi connectivity index (χ0v) is 53.5. The number of pyridine rings is 4. The van der Waals surface area contributed by atoms with E-state index in [0.717, 1.165) is 56.2 Å². The molecule has 0 spiro atoms. The normalized spacial score (nSPS) is 12.7. The average molecular weight is 1470 g/mol. The van der Waals surface area contributed by atoms with E-state index < -0.39 is 0 Å². The van der Waals surface area contributed by atoms with E-state index in [-0.39, 0.29) is 51.0 Å². The molecular weight excluding hydrogens is 1410 g/mol. The first-order valence-electron chi connectivity index (χ1n) is 28.2. The molecule has 0 fully saturated rings. The van der Waals surface area contributed by atoms with Crippen molar-refractivity contribution in [3.8, 4) is 67.3 Å². The van der Waals surface area contributed by atoms with Gasteiger partial charge in [0.25, 0.3) is 0 Å². The van der Waals surface area contributed by atoms with Crippen LogP contribution in [0.3, 0.4) is 0 Å². The van der Waals surface area contributed by atoms with E-state index in [1.54, 1.807) is 12.4 Å². The van der Waals surface area contributed by atoms with E-state index in [4.69, 9.17) is 9.40 Å². The predicted octanol–water partition coefficient (Wildman–Crippen LogP) is 20.2. The van der Waals surface area contributed by atoms with Gasteiger partial charge in [-0.2, -0.15) is 0 Å². The smallest absolute Gasteiger partial charge is 0.136 e. The Morgan fingerprint density at radius 2 is 0.953 bits per heavy atom. The molecule has 0 aliphatic heterocycles. The first-order chi connectivity index (χ1) is 40.5. The van der Waals surface area contributed by atoms with E-state index in [1.807, 2.05) is 139 Å². The Morgan fingerprint density at radius 1 is 0.412 bits per heavy atom. The van der Waals surface area contributed by atoms with Gasteiger partial charge in [-0.05, 0) is 110 Å². The van der Waals surface area contributed by atoms with Gasteiger partial charge in [0.1, 0.15) is 11.2 Å². The van der Waals surface area contributed by atoms with E-state index in [1.165, 1.54) is 81.0 Å². The van der Waals surface area contributed by atoms with Gasteiger partial charge in [-0.25, -0.2) is 0 Å². The Balaban J connectivity index is 0.000000127. The zero-order chi connectivity index (χ0) is 56.7. The maximum Gasteiger partial charge on any atom is 0.136 e. The van der Waals surface area contributed by atoms with Crippen molar-refractivity contribution in [3.63, 3.8) is 0 Å². The summed E-state index contributed by atoms with van der Waals surface area (Å²) < 4.78 is 8.87. The van der Waals surface area contributed by atoms with Crippen molar-refractivity contribution in [3.05, 3.63) is 289 Å². The van der Waals surface area contributed by atoms with Crippen molar-refractivity contribution in [1.29, 1.82) is 0 Å². The number of furan rings is 1. The molecule has 6 heterocycles. The van der Waals surface area contributed by atoms with Crippen LogP contribution in [0.1, 0.15) is 75.3 Å². The topological polar surface area (TPSA) is 64.7 Å². The Labute approximate surface area is 528 Å². The van der Waals surface area contributed by atoms with Crippen LogP contribution in [0.15, 0.2) is 242 Å². The SMILES string of the molecule is CC(C)c1ccnc(-c2[c-]cc3c(c2)-c2c(ccc4sc5ccccc5c24)C3(C)C)c1.CC1(C)c2cnc(-c3[c-]cccc3)cc2-c2c1ccc1oc3ccccc3c21.[Ir].[Ir].[c-]1ccccc1-c1ccccn1.[c-]1ccccc1-c1ccccn1. The number of hydrogen-bond acceptors (Lipinski definition) is 6. The molecule has 0 atom stereocenters. The van der Waals surface area contributed by atoms with Gasteiger partial charge < -0.3 is 24.4 Å². The van der Waals surface area contributed by atoms with Gasteiger partial charge in [0, 0.05) is 101 Å². The van der Waals surface area contributed by atoms with Gasteiger partial charge in [0.15, 0.2) is 0 Å². The van der Waals surface area contributed by atoms with Crippen LogP contribution in [-0.2, 0) is 51.0 Å². The third-order valence-corrected chi connectivity index (χ3v) is 17.3. The first-order valence-corrected chi connectivity index (χ1v) is 29.0. The summed E-state index contributed by atoms with van der Waals surface area (Å²) in [4.78, 5) is 17.9. The third-order valence-electron chi connectivity index (χ3n) is 16.2. The van der Waals surface area contributed by atoms with Gasteiger partial charge in [0.2, 0.25) is 0 Å². The van der Waals surface area contributed by atoms with Crippen LogP contribution >= 0.6 is 11.3 Å². The number of rotatable bonds is 5. The molecule has 0 saturated heterocycles. The molecule has 85 heavy (non-hydrogen) atoms. The number of hydrogen-bond donors (Lipinski definition) is 0. The van der Waals surface area contributed by atoms with Crippen molar-refractivity contribution in [2.75, 3.05) is 0 Å². The van der Waals surface area contributed by atoms with E-state index >= 15 is 0 Å². The molecule has 6 aromatic heterocycles. The monoisotopic (exact) mass is 1470 g/mol. The Kier molecular flexibility index (Phi) is 17.0. The molecule has 2 aliphatic rings. The van der Waals surface area contributed by atoms with Crippen molar-refractivity contribution in [2.24, 2.45) is 0 Å². The van der Waals surface area contributed by atoms with Gasteiger partial charge in [-0.3, -0.25) is 0 Å². The molecule has 8 heteroatoms. The second-order valence-corrected chi connectivity index (χ2v) is 23.4. The van der Waals surface area contributed by atoms with Crippen LogP contribution < -0.4 is 0 Å². The second kappa shape index (κ2) is 24.7. The zero-order valence-electron chi connectivity index (χ0n) is 47.9. The minimum absolute atomic E-state index is 0. The fraction of sp³-hybridized carbons (Fsp3) is 0.117. The molecule has 2 aliphatic carbocycles. The molecule has 0 amide bonds. The maximum atomic E-state index is 6.15. The molecular formula is C77H58Ir2N4OS-4. The molecule has 8 aromatic carbocycles. The van der Waals surface area contributed by atoms with Gasteiger partial charge >= 0.3 is 0 Å². The summed E-state index contributed by atoms with van der Waals surface area (Å²) in [7, 11) is 0. The molecule has 0 unspecified atom stereocenters. The van der Waals surface area contributed by atoms with Gasteiger partial charge in [-0.1, -0.05) is 138 Å². The number of aromatic nitrogens is 4. The first kappa shape index (κ1) is 58.5. The molecule has 0 bridgehead atoms. The summed E-state index contributed by atoms with van der Waals surface area (Å²) in [6.07, 6.45) is 7.54. The van der Waals surface area contributed by atoms with E-state index in [2.05, 4.69) is 178 Å². The standard InChI is InChI=1S/C29H24NS.C26H18NO.2C11H8N.2Ir/c1-17(2)18-13-14-30-24(16-18)19-9-10-22-21(15-19)27-23(29(22,3)4)11-12-26-28(27)20-7-5-6-8-25(20)31-26;1-26(2)19-12-13-23-25(17-10-6-7-11-22(17)28-23)24(19)18-14-21(27-15-20(18)26)16-8-4-3-5-9-16;2*1-2-6-10(7-3-1)11-8-4-5-9-12-11;;/h5-8,10-17H,1-4H3;3-8,10-15H,1-2H3;2*1-6,8-9H;;/q4*-1;;.